The van der Waals surface area contributed by atoms with Crippen LogP contribution in [0.2, 0.25) is 0 Å². The number of amides is 1. The molecule has 1 aliphatic heterocycles. The number of hydrogen-bond donors (Lipinski definition) is 1. The van der Waals surface area contributed by atoms with E-state index in [9.17, 15) is 18.0 Å². The van der Waals surface area contributed by atoms with E-state index >= 15 is 0 Å². The average Bonchev–Trinajstić information content (AvgIpc) is 2.73. The van der Waals surface area contributed by atoms with Crippen molar-refractivity contribution in [1.82, 2.24) is 9.97 Å². The maximum absolute atomic E-state index is 12.9. The average molecular weight is 404 g/mol. The van der Waals surface area contributed by atoms with Crippen LogP contribution in [0.1, 0.15) is 42.5 Å². The van der Waals surface area contributed by atoms with Gasteiger partial charge in [0.25, 0.3) is 0 Å². The van der Waals surface area contributed by atoms with Crippen LogP contribution in [0, 0.1) is 5.92 Å². The number of nitrogens with zero attached hydrogens (tertiary/aromatic N) is 3. The van der Waals surface area contributed by atoms with Crippen LogP contribution in [0.5, 0.6) is 0 Å². The molecule has 5 nitrogen and oxygen atoms in total. The Balaban J connectivity index is 1.42. The minimum atomic E-state index is -4.44. The predicted octanol–water partition coefficient (Wildman–Crippen LogP) is 4.23. The lowest BCUT2D eigenvalue weighted by Gasteiger charge is -2.28. The number of hydrogen-bond acceptors (Lipinski definition) is 4. The van der Waals surface area contributed by atoms with E-state index in [0.29, 0.717) is 19.3 Å². The molecule has 154 valence electrons. The van der Waals surface area contributed by atoms with Gasteiger partial charge in [-0.05, 0) is 62.3 Å². The molecule has 1 atom stereocenters. The van der Waals surface area contributed by atoms with Crippen LogP contribution in [0.15, 0.2) is 30.5 Å². The molecule has 1 saturated heterocycles. The molecule has 2 heterocycles. The lowest BCUT2D eigenvalue weighted by Crippen LogP contribution is -2.32. The van der Waals surface area contributed by atoms with E-state index in [1.807, 2.05) is 0 Å². The zero-order valence-electron chi connectivity index (χ0n) is 16.0. The standard InChI is InChI=1S/C21H23F3N4O/c22-21(23,24)16-5-4-6-17(12-16)26-19(29)14-7-8-18-15(11-14)13-25-20(27-18)28-9-2-1-3-10-28/h4-6,12-14H,1-3,7-11H2,(H,26,29)/t14-/m0/s1. The molecule has 2 aromatic rings. The van der Waals surface area contributed by atoms with Gasteiger partial charge in [-0.15, -0.1) is 0 Å². The summed E-state index contributed by atoms with van der Waals surface area (Å²) >= 11 is 0. The molecule has 2 aliphatic rings. The molecule has 1 aliphatic carbocycles. The van der Waals surface area contributed by atoms with E-state index in [4.69, 9.17) is 4.98 Å². The number of carbonyl (C=O) groups excluding carboxylic acids is 1. The second kappa shape index (κ2) is 8.00. The van der Waals surface area contributed by atoms with Crippen molar-refractivity contribution in [2.24, 2.45) is 5.92 Å². The normalized spacial score (nSPS) is 19.6. The Bertz CT molecular complexity index is 894. The summed E-state index contributed by atoms with van der Waals surface area (Å²) in [6, 6.07) is 4.72. The number of carbonyl (C=O) groups is 1. The number of rotatable bonds is 3. The zero-order valence-corrected chi connectivity index (χ0v) is 16.0. The summed E-state index contributed by atoms with van der Waals surface area (Å²) in [5, 5.41) is 2.63. The van der Waals surface area contributed by atoms with Crippen molar-refractivity contribution in [3.05, 3.63) is 47.3 Å². The molecule has 1 N–H and O–H groups in total. The zero-order chi connectivity index (χ0) is 20.4. The Labute approximate surface area is 167 Å². The topological polar surface area (TPSA) is 58.1 Å². The van der Waals surface area contributed by atoms with Gasteiger partial charge in [0, 0.05) is 36.6 Å². The van der Waals surface area contributed by atoms with Crippen molar-refractivity contribution in [3.63, 3.8) is 0 Å². The second-order valence-corrected chi connectivity index (χ2v) is 7.70. The van der Waals surface area contributed by atoms with Crippen molar-refractivity contribution < 1.29 is 18.0 Å². The largest absolute Gasteiger partial charge is 0.416 e. The molecule has 1 fully saturated rings. The second-order valence-electron chi connectivity index (χ2n) is 7.70. The van der Waals surface area contributed by atoms with E-state index in [1.165, 1.54) is 18.6 Å². The van der Waals surface area contributed by atoms with E-state index < -0.39 is 11.7 Å². The molecular weight excluding hydrogens is 381 g/mol. The van der Waals surface area contributed by atoms with Crippen LogP contribution in [0.25, 0.3) is 0 Å². The number of anilines is 2. The van der Waals surface area contributed by atoms with E-state index in [-0.39, 0.29) is 17.5 Å². The summed E-state index contributed by atoms with van der Waals surface area (Å²) in [5.41, 5.74) is 1.31. The molecule has 4 rings (SSSR count). The smallest absolute Gasteiger partial charge is 0.341 e. The number of fused-ring (bicyclic) bond motifs is 1. The van der Waals surface area contributed by atoms with Gasteiger partial charge in [-0.3, -0.25) is 4.79 Å². The highest BCUT2D eigenvalue weighted by Gasteiger charge is 2.31. The predicted molar refractivity (Wildman–Crippen MR) is 104 cm³/mol. The monoisotopic (exact) mass is 404 g/mol. The summed E-state index contributed by atoms with van der Waals surface area (Å²) in [4.78, 5) is 24.0. The van der Waals surface area contributed by atoms with E-state index in [2.05, 4.69) is 15.2 Å². The minimum Gasteiger partial charge on any atom is -0.341 e. The summed E-state index contributed by atoms with van der Waals surface area (Å²) in [5.74, 6) is 0.187. The Morgan fingerprint density at radius 3 is 2.72 bits per heavy atom. The fraction of sp³-hybridized carbons (Fsp3) is 0.476. The highest BCUT2D eigenvalue weighted by atomic mass is 19.4. The van der Waals surface area contributed by atoms with Crippen LogP contribution in [-0.4, -0.2) is 29.0 Å². The molecular formula is C21H23F3N4O. The van der Waals surface area contributed by atoms with E-state index in [1.54, 1.807) is 6.20 Å². The highest BCUT2D eigenvalue weighted by molar-refractivity contribution is 5.93. The number of aryl methyl sites for hydroxylation is 1. The van der Waals surface area contributed by atoms with Gasteiger partial charge in [0.15, 0.2) is 0 Å². The number of benzene rings is 1. The third-order valence-corrected chi connectivity index (χ3v) is 5.60. The molecule has 8 heteroatoms. The highest BCUT2D eigenvalue weighted by Crippen LogP contribution is 2.31. The van der Waals surface area contributed by atoms with E-state index in [0.717, 1.165) is 55.3 Å². The number of piperidine rings is 1. The minimum absolute atomic E-state index is 0.160. The molecule has 1 aromatic heterocycles. The van der Waals surface area contributed by atoms with Crippen LogP contribution >= 0.6 is 0 Å². The van der Waals surface area contributed by atoms with Gasteiger partial charge in [0.2, 0.25) is 11.9 Å². The summed E-state index contributed by atoms with van der Waals surface area (Å²) in [7, 11) is 0. The maximum atomic E-state index is 12.9. The Morgan fingerprint density at radius 2 is 1.97 bits per heavy atom. The molecule has 1 aromatic carbocycles. The Kier molecular flexibility index (Phi) is 5.43. The first-order valence-corrected chi connectivity index (χ1v) is 9.98. The molecule has 0 spiro atoms. The number of halogens is 3. The van der Waals surface area contributed by atoms with Gasteiger partial charge in [0.1, 0.15) is 0 Å². The first-order chi connectivity index (χ1) is 13.9. The fourth-order valence-corrected chi connectivity index (χ4v) is 3.98. The van der Waals surface area contributed by atoms with Crippen molar-refractivity contribution in [2.45, 2.75) is 44.7 Å². The summed E-state index contributed by atoms with van der Waals surface area (Å²) < 4.78 is 38.6. The van der Waals surface area contributed by atoms with Crippen molar-refractivity contribution in [2.75, 3.05) is 23.3 Å². The Morgan fingerprint density at radius 1 is 1.17 bits per heavy atom. The molecule has 0 unspecified atom stereocenters. The third kappa shape index (κ3) is 4.52. The maximum Gasteiger partial charge on any atom is 0.416 e. The molecule has 0 radical (unpaired) electrons. The number of alkyl halides is 3. The van der Waals surface area contributed by atoms with Gasteiger partial charge >= 0.3 is 6.18 Å². The summed E-state index contributed by atoms with van der Waals surface area (Å²) in [6.07, 6.45) is 2.69. The van der Waals surface area contributed by atoms with Crippen molar-refractivity contribution in [3.8, 4) is 0 Å². The van der Waals surface area contributed by atoms with Crippen LogP contribution in [0.3, 0.4) is 0 Å². The van der Waals surface area contributed by atoms with Crippen molar-refractivity contribution >= 4 is 17.5 Å². The van der Waals surface area contributed by atoms with Gasteiger partial charge in [-0.2, -0.15) is 13.2 Å². The molecule has 0 saturated carbocycles. The first-order valence-electron chi connectivity index (χ1n) is 9.98. The summed E-state index contributed by atoms with van der Waals surface area (Å²) in [6.45, 7) is 1.95. The quantitative estimate of drug-likeness (QED) is 0.832. The third-order valence-electron chi connectivity index (χ3n) is 5.60. The van der Waals surface area contributed by atoms with Gasteiger partial charge in [-0.1, -0.05) is 6.07 Å². The fourth-order valence-electron chi connectivity index (χ4n) is 3.98. The molecule has 29 heavy (non-hydrogen) atoms. The van der Waals surface area contributed by atoms with Crippen LogP contribution in [-0.2, 0) is 23.8 Å². The van der Waals surface area contributed by atoms with Crippen LogP contribution in [0.4, 0.5) is 24.8 Å². The van der Waals surface area contributed by atoms with Gasteiger partial charge in [-0.25, -0.2) is 9.97 Å². The Hall–Kier alpha value is -2.64. The molecule has 0 bridgehead atoms. The van der Waals surface area contributed by atoms with Gasteiger partial charge < -0.3 is 10.2 Å². The number of aromatic nitrogens is 2. The lowest BCUT2D eigenvalue weighted by molar-refractivity contribution is -0.137. The first kappa shape index (κ1) is 19.7. The van der Waals surface area contributed by atoms with Crippen molar-refractivity contribution in [1.29, 1.82) is 0 Å². The number of nitrogens with one attached hydrogen (secondary N) is 1. The SMILES string of the molecule is O=C(Nc1cccc(C(F)(F)F)c1)[C@H]1CCc2nc(N3CCCCC3)ncc2C1. The van der Waals surface area contributed by atoms with Gasteiger partial charge in [0.05, 0.1) is 5.56 Å². The molecule has 1 amide bonds. The lowest BCUT2D eigenvalue weighted by atomic mass is 9.86. The van der Waals surface area contributed by atoms with Crippen LogP contribution < -0.4 is 10.2 Å².